The van der Waals surface area contributed by atoms with Crippen LogP contribution in [-0.2, 0) is 31.1 Å². The molecule has 3 amide bonds. The van der Waals surface area contributed by atoms with Crippen molar-refractivity contribution < 1.29 is 48.0 Å². The smallest absolute Gasteiger partial charge is 0.326 e. The number of aliphatic hydroxyl groups is 1. The number of carbonyl (C=O) groups is 4. The fraction of sp³-hybridized carbons (Fsp3) is 0.222. The number of rotatable bonds is 15. The van der Waals surface area contributed by atoms with Crippen molar-refractivity contribution in [3.05, 3.63) is 131 Å². The number of nitrogens with one attached hydrogen (secondary N) is 3. The maximum atomic E-state index is 13.9. The van der Waals surface area contributed by atoms with Gasteiger partial charge in [0.1, 0.15) is 40.0 Å². The first-order valence-electron chi connectivity index (χ1n) is 15.4. The van der Waals surface area contributed by atoms with Crippen molar-refractivity contribution in [2.75, 3.05) is 18.9 Å². The molecule has 1 fully saturated rings. The Morgan fingerprint density at radius 1 is 0.860 bits per heavy atom. The highest BCUT2D eigenvalue weighted by Crippen LogP contribution is 2.46. The number of phenolic OH excluding ortho intramolecular Hbond substituents is 1. The van der Waals surface area contributed by atoms with E-state index in [-0.39, 0.29) is 23.8 Å². The van der Waals surface area contributed by atoms with E-state index in [0.717, 1.165) is 0 Å². The number of hydrogen-bond acceptors (Lipinski definition) is 8. The number of carboxylic acids is 1. The number of phenols is 1. The maximum Gasteiger partial charge on any atom is 0.326 e. The lowest BCUT2D eigenvalue weighted by atomic mass is 9.74. The van der Waals surface area contributed by atoms with Crippen LogP contribution in [0, 0.1) is 11.6 Å². The van der Waals surface area contributed by atoms with Crippen LogP contribution < -0.4 is 20.7 Å². The third kappa shape index (κ3) is 8.57. The van der Waals surface area contributed by atoms with Gasteiger partial charge in [0.15, 0.2) is 6.61 Å². The van der Waals surface area contributed by atoms with Crippen LogP contribution in [0.4, 0.5) is 8.78 Å². The van der Waals surface area contributed by atoms with Crippen LogP contribution in [0.3, 0.4) is 0 Å². The van der Waals surface area contributed by atoms with Gasteiger partial charge in [-0.3, -0.25) is 14.4 Å². The third-order valence-electron chi connectivity index (χ3n) is 8.06. The number of β-lactam (4-membered cyclic amide) rings is 1. The number of amides is 3. The SMILES string of the molecule is O=C(COc1ccc([C@]2(c3ccc(F)cc3)NC(=O)[C@@H]2SCC(O)c2ccc(F)cc2)cc1)NCC(=O)N[C@H](Cc1ccc(O)cc1)C(=O)O. The second-order valence-electron chi connectivity index (χ2n) is 11.5. The van der Waals surface area contributed by atoms with Gasteiger partial charge < -0.3 is 36.0 Å². The Morgan fingerprint density at radius 2 is 1.44 bits per heavy atom. The third-order valence-corrected chi connectivity index (χ3v) is 9.47. The molecule has 4 aromatic rings. The Bertz CT molecular complexity index is 1830. The second kappa shape index (κ2) is 15.8. The Hall–Kier alpha value is -5.47. The standard InChI is InChI=1S/C36H33F2N3O8S/c37-25-9-3-22(4-10-25)30(43)20-50-33-34(46)41-36(33,23-5-11-26(38)12-6-23)24-7-15-28(16-8-24)49-19-32(45)39-18-31(44)40-29(35(47)48)17-21-1-13-27(42)14-2-21/h1-16,29-30,33,42-43H,17-20H2,(H,39,45)(H,40,44)(H,41,46)(H,47,48)/t29-,30?,33+,36+/m1/s1. The number of carboxylic acid groups (broad SMARTS) is 1. The van der Waals surface area contributed by atoms with Gasteiger partial charge in [0.25, 0.3) is 5.91 Å². The molecule has 0 aromatic heterocycles. The van der Waals surface area contributed by atoms with Crippen LogP contribution in [0.1, 0.15) is 28.4 Å². The lowest BCUT2D eigenvalue weighted by Gasteiger charge is -2.50. The summed E-state index contributed by atoms with van der Waals surface area (Å²) in [5, 5.41) is 36.6. The Balaban J connectivity index is 1.19. The highest BCUT2D eigenvalue weighted by Gasteiger charge is 2.56. The zero-order valence-electron chi connectivity index (χ0n) is 26.3. The Kier molecular flexibility index (Phi) is 11.3. The van der Waals surface area contributed by atoms with Gasteiger partial charge >= 0.3 is 5.97 Å². The number of ether oxygens (including phenoxy) is 1. The lowest BCUT2D eigenvalue weighted by molar-refractivity contribution is -0.141. The highest BCUT2D eigenvalue weighted by atomic mass is 32.2. The summed E-state index contributed by atoms with van der Waals surface area (Å²) in [6.07, 6.45) is -1.00. The molecule has 50 heavy (non-hydrogen) atoms. The zero-order chi connectivity index (χ0) is 35.8. The summed E-state index contributed by atoms with van der Waals surface area (Å²) in [4.78, 5) is 49.3. The van der Waals surface area contributed by atoms with E-state index < -0.39 is 65.5 Å². The highest BCUT2D eigenvalue weighted by molar-refractivity contribution is 8.00. The molecule has 1 unspecified atom stereocenters. The van der Waals surface area contributed by atoms with Gasteiger partial charge in [0, 0.05) is 12.2 Å². The van der Waals surface area contributed by atoms with E-state index in [4.69, 9.17) is 4.74 Å². The van der Waals surface area contributed by atoms with E-state index >= 15 is 0 Å². The second-order valence-corrected chi connectivity index (χ2v) is 12.6. The molecule has 4 atom stereocenters. The van der Waals surface area contributed by atoms with Gasteiger partial charge in [0.05, 0.1) is 12.6 Å². The van der Waals surface area contributed by atoms with Crippen LogP contribution in [0.2, 0.25) is 0 Å². The lowest BCUT2D eigenvalue weighted by Crippen LogP contribution is -2.69. The minimum absolute atomic E-state index is 0.0203. The molecular weight excluding hydrogens is 672 g/mol. The van der Waals surface area contributed by atoms with Crippen molar-refractivity contribution in [2.45, 2.75) is 29.4 Å². The normalized spacial score (nSPS) is 17.8. The van der Waals surface area contributed by atoms with Gasteiger partial charge in [-0.1, -0.05) is 48.5 Å². The first-order chi connectivity index (χ1) is 23.9. The van der Waals surface area contributed by atoms with E-state index in [9.17, 15) is 43.3 Å². The van der Waals surface area contributed by atoms with Crippen LogP contribution in [0.5, 0.6) is 11.5 Å². The number of aromatic hydroxyl groups is 1. The summed E-state index contributed by atoms with van der Waals surface area (Å²) in [7, 11) is 0. The molecule has 4 aromatic carbocycles. The summed E-state index contributed by atoms with van der Waals surface area (Å²) >= 11 is 1.20. The van der Waals surface area contributed by atoms with E-state index in [1.165, 1.54) is 72.4 Å². The topological polar surface area (TPSA) is 174 Å². The molecule has 0 aliphatic carbocycles. The number of thioether (sulfide) groups is 1. The van der Waals surface area contributed by atoms with E-state index in [2.05, 4.69) is 16.0 Å². The first-order valence-corrected chi connectivity index (χ1v) is 16.4. The molecule has 1 heterocycles. The van der Waals surface area contributed by atoms with Crippen LogP contribution in [0.15, 0.2) is 97.1 Å². The fourth-order valence-electron chi connectivity index (χ4n) is 5.45. The van der Waals surface area contributed by atoms with Crippen molar-refractivity contribution >= 4 is 35.5 Å². The number of aliphatic hydroxyl groups excluding tert-OH is 1. The van der Waals surface area contributed by atoms with Crippen molar-refractivity contribution in [2.24, 2.45) is 0 Å². The quantitative estimate of drug-likeness (QED) is 0.102. The van der Waals surface area contributed by atoms with E-state index in [1.807, 2.05) is 0 Å². The summed E-state index contributed by atoms with van der Waals surface area (Å²) in [6, 6.07) is 22.3. The fourth-order valence-corrected chi connectivity index (χ4v) is 6.80. The summed E-state index contributed by atoms with van der Waals surface area (Å²) in [6.45, 7) is -0.947. The van der Waals surface area contributed by atoms with Crippen LogP contribution in [-0.4, -0.2) is 69.2 Å². The molecule has 0 bridgehead atoms. The largest absolute Gasteiger partial charge is 0.508 e. The molecule has 1 aliphatic heterocycles. The molecule has 1 aliphatic rings. The van der Waals surface area contributed by atoms with Gasteiger partial charge in [-0.05, 0) is 70.8 Å². The summed E-state index contributed by atoms with van der Waals surface area (Å²) < 4.78 is 32.8. The number of aliphatic carboxylic acids is 1. The summed E-state index contributed by atoms with van der Waals surface area (Å²) in [5.41, 5.74) is 1.22. The molecule has 5 rings (SSSR count). The van der Waals surface area contributed by atoms with Gasteiger partial charge in [-0.2, -0.15) is 0 Å². The average molecular weight is 706 g/mol. The molecule has 260 valence electrons. The van der Waals surface area contributed by atoms with Crippen LogP contribution >= 0.6 is 11.8 Å². The van der Waals surface area contributed by atoms with E-state index in [0.29, 0.717) is 28.0 Å². The Morgan fingerprint density at radius 3 is 2.02 bits per heavy atom. The van der Waals surface area contributed by atoms with Crippen molar-refractivity contribution in [3.63, 3.8) is 0 Å². The minimum Gasteiger partial charge on any atom is -0.508 e. The average Bonchev–Trinajstić information content (AvgIpc) is 3.10. The van der Waals surface area contributed by atoms with Crippen molar-refractivity contribution in [3.8, 4) is 11.5 Å². The molecule has 0 saturated carbocycles. The molecule has 14 heteroatoms. The molecule has 11 nitrogen and oxygen atoms in total. The summed E-state index contributed by atoms with van der Waals surface area (Å²) in [5.74, 6) is -3.37. The first kappa shape index (κ1) is 35.8. The van der Waals surface area contributed by atoms with Gasteiger partial charge in [0.2, 0.25) is 11.8 Å². The van der Waals surface area contributed by atoms with Crippen LogP contribution in [0.25, 0.3) is 0 Å². The van der Waals surface area contributed by atoms with Gasteiger partial charge in [-0.25, -0.2) is 13.6 Å². The van der Waals surface area contributed by atoms with Gasteiger partial charge in [-0.15, -0.1) is 11.8 Å². The molecule has 0 spiro atoms. The number of carbonyl (C=O) groups excluding carboxylic acids is 3. The number of halogens is 2. The number of hydrogen-bond donors (Lipinski definition) is 6. The molecule has 6 N–H and O–H groups in total. The molecule has 1 saturated heterocycles. The minimum atomic E-state index is -1.26. The van der Waals surface area contributed by atoms with Crippen molar-refractivity contribution in [1.29, 1.82) is 0 Å². The predicted octanol–water partition coefficient (Wildman–Crippen LogP) is 3.19. The maximum absolute atomic E-state index is 13.9. The molecular formula is C36H33F2N3O8S. The zero-order valence-corrected chi connectivity index (χ0v) is 27.2. The van der Waals surface area contributed by atoms with Crippen molar-refractivity contribution in [1.82, 2.24) is 16.0 Å². The predicted molar refractivity (Wildman–Crippen MR) is 179 cm³/mol. The van der Waals surface area contributed by atoms with E-state index in [1.54, 1.807) is 36.4 Å². The number of benzene rings is 4. The Labute approximate surface area is 289 Å². The molecule has 0 radical (unpaired) electrons. The monoisotopic (exact) mass is 705 g/mol.